The first-order valence-electron chi connectivity index (χ1n) is 11.1. The summed E-state index contributed by atoms with van der Waals surface area (Å²) in [7, 11) is 0. The highest BCUT2D eigenvalue weighted by molar-refractivity contribution is 5.86. The van der Waals surface area contributed by atoms with Crippen molar-refractivity contribution in [1.82, 2.24) is 0 Å². The van der Waals surface area contributed by atoms with E-state index >= 15 is 0 Å². The van der Waals surface area contributed by atoms with Gasteiger partial charge in [0.15, 0.2) is 0 Å². The van der Waals surface area contributed by atoms with E-state index in [2.05, 4.69) is 10.4 Å². The van der Waals surface area contributed by atoms with E-state index in [-0.39, 0.29) is 22.9 Å². The molecule has 0 saturated carbocycles. The molecule has 8 heteroatoms. The number of rotatable bonds is 9. The summed E-state index contributed by atoms with van der Waals surface area (Å²) in [5.41, 5.74) is 2.73. The summed E-state index contributed by atoms with van der Waals surface area (Å²) in [6.45, 7) is 0. The zero-order chi connectivity index (χ0) is 25.3. The van der Waals surface area contributed by atoms with Crippen LogP contribution < -0.4 is 0 Å². The van der Waals surface area contributed by atoms with Gasteiger partial charge in [-0.3, -0.25) is 9.98 Å². The summed E-state index contributed by atoms with van der Waals surface area (Å²) in [6, 6.07) is 26.5. The van der Waals surface area contributed by atoms with Gasteiger partial charge in [-0.05, 0) is 57.9 Å². The van der Waals surface area contributed by atoms with Gasteiger partial charge in [0, 0.05) is 23.6 Å². The average Bonchev–Trinajstić information content (AvgIpc) is 2.93. The van der Waals surface area contributed by atoms with E-state index < -0.39 is 12.1 Å². The Bertz CT molecular complexity index is 1300. The highest BCUT2D eigenvalue weighted by Crippen LogP contribution is 2.36. The van der Waals surface area contributed by atoms with E-state index in [0.717, 1.165) is 11.1 Å². The summed E-state index contributed by atoms with van der Waals surface area (Å²) in [6.07, 6.45) is 2.98. The van der Waals surface area contributed by atoms with Gasteiger partial charge < -0.3 is 10.2 Å². The van der Waals surface area contributed by atoms with Crippen LogP contribution >= 0.6 is 0 Å². The van der Waals surface area contributed by atoms with Crippen LogP contribution in [0.15, 0.2) is 117 Å². The molecule has 0 saturated heterocycles. The van der Waals surface area contributed by atoms with Gasteiger partial charge in [-0.2, -0.15) is 0 Å². The molecular formula is C28H22N4O4. The average molecular weight is 479 g/mol. The van der Waals surface area contributed by atoms with Crippen LogP contribution in [0, 0.1) is 9.81 Å². The molecule has 4 aromatic carbocycles. The Morgan fingerprint density at radius 2 is 0.944 bits per heavy atom. The van der Waals surface area contributed by atoms with Gasteiger partial charge in [0.1, 0.15) is 35.0 Å². The molecule has 0 aliphatic carbocycles. The minimum absolute atomic E-state index is 0.0409. The zero-order valence-electron chi connectivity index (χ0n) is 19.0. The molecule has 2 atom stereocenters. The highest BCUT2D eigenvalue weighted by Gasteiger charge is 2.23. The minimum Gasteiger partial charge on any atom is -0.507 e. The van der Waals surface area contributed by atoms with Crippen LogP contribution in [0.2, 0.25) is 0 Å². The summed E-state index contributed by atoms with van der Waals surface area (Å²) < 4.78 is 0. The third-order valence-corrected chi connectivity index (χ3v) is 5.56. The van der Waals surface area contributed by atoms with Gasteiger partial charge in [0.05, 0.1) is 0 Å². The van der Waals surface area contributed by atoms with Gasteiger partial charge in [0.25, 0.3) is 0 Å². The van der Waals surface area contributed by atoms with E-state index in [1.165, 1.54) is 48.8 Å². The molecule has 0 aromatic heterocycles. The second kappa shape index (κ2) is 11.4. The first-order chi connectivity index (χ1) is 17.6. The molecule has 8 nitrogen and oxygen atoms in total. The highest BCUT2D eigenvalue weighted by atomic mass is 16.3. The van der Waals surface area contributed by atoms with Crippen LogP contribution in [0.5, 0.6) is 11.5 Å². The summed E-state index contributed by atoms with van der Waals surface area (Å²) in [5.74, 6) is -0.0818. The third kappa shape index (κ3) is 5.74. The second-order valence-corrected chi connectivity index (χ2v) is 7.94. The number of nitrogens with zero attached hydrogens (tertiary/aromatic N) is 4. The largest absolute Gasteiger partial charge is 0.507 e. The smallest absolute Gasteiger partial charge is 0.124 e. The molecule has 0 fully saturated rings. The van der Waals surface area contributed by atoms with E-state index in [1.807, 2.05) is 60.7 Å². The molecule has 0 radical (unpaired) electrons. The number of aromatic hydroxyl groups is 2. The molecule has 0 heterocycles. The minimum atomic E-state index is -0.536. The Kier molecular flexibility index (Phi) is 7.67. The summed E-state index contributed by atoms with van der Waals surface area (Å²) >= 11 is 0. The van der Waals surface area contributed by atoms with E-state index in [4.69, 9.17) is 9.98 Å². The number of phenolic OH excluding ortho intramolecular Hbond substituents is 2. The van der Waals surface area contributed by atoms with Crippen LogP contribution in [0.1, 0.15) is 34.3 Å². The molecular weight excluding hydrogens is 456 g/mol. The molecule has 0 bridgehead atoms. The Labute approximate surface area is 207 Å². The summed E-state index contributed by atoms with van der Waals surface area (Å²) in [4.78, 5) is 31.5. The number of hydrogen-bond donors (Lipinski definition) is 2. The number of benzene rings is 4. The van der Waals surface area contributed by atoms with Crippen molar-refractivity contribution in [3.05, 3.63) is 129 Å². The van der Waals surface area contributed by atoms with Crippen LogP contribution in [0.4, 0.5) is 11.4 Å². The van der Waals surface area contributed by atoms with Crippen LogP contribution in [-0.4, -0.2) is 22.6 Å². The van der Waals surface area contributed by atoms with Crippen molar-refractivity contribution in [3.63, 3.8) is 0 Å². The van der Waals surface area contributed by atoms with Crippen molar-refractivity contribution in [3.8, 4) is 11.5 Å². The maximum Gasteiger partial charge on any atom is 0.124 e. The number of phenols is 2. The Morgan fingerprint density at radius 1 is 0.556 bits per heavy atom. The van der Waals surface area contributed by atoms with E-state index in [9.17, 15) is 20.0 Å². The van der Waals surface area contributed by atoms with Crippen molar-refractivity contribution >= 4 is 23.8 Å². The molecule has 4 aromatic rings. The topological polar surface area (TPSA) is 124 Å². The molecule has 0 spiro atoms. The maximum atomic E-state index is 11.0. The number of hydrogen-bond acceptors (Lipinski definition) is 8. The Hall–Kier alpha value is -4.98. The lowest BCUT2D eigenvalue weighted by Gasteiger charge is -2.22. The van der Waals surface area contributed by atoms with Crippen LogP contribution in [0.3, 0.4) is 0 Å². The Morgan fingerprint density at radius 3 is 1.31 bits per heavy atom. The second-order valence-electron chi connectivity index (χ2n) is 7.94. The van der Waals surface area contributed by atoms with Crippen molar-refractivity contribution in [2.45, 2.75) is 12.1 Å². The van der Waals surface area contributed by atoms with Gasteiger partial charge in [-0.25, -0.2) is 0 Å². The molecule has 0 unspecified atom stereocenters. The zero-order valence-corrected chi connectivity index (χ0v) is 19.0. The maximum absolute atomic E-state index is 11.0. The third-order valence-electron chi connectivity index (χ3n) is 5.56. The lowest BCUT2D eigenvalue weighted by Crippen LogP contribution is -2.09. The predicted molar refractivity (Wildman–Crippen MR) is 141 cm³/mol. The van der Waals surface area contributed by atoms with Crippen LogP contribution in [-0.2, 0) is 0 Å². The molecule has 2 N–H and O–H groups in total. The van der Waals surface area contributed by atoms with E-state index in [0.29, 0.717) is 11.1 Å². The van der Waals surface area contributed by atoms with Crippen molar-refractivity contribution in [1.29, 1.82) is 0 Å². The fourth-order valence-electron chi connectivity index (χ4n) is 3.73. The quantitative estimate of drug-likeness (QED) is 0.200. The first kappa shape index (κ1) is 24.2. The lowest BCUT2D eigenvalue weighted by atomic mass is 9.94. The number of aliphatic imine (C=N–C) groups is 2. The lowest BCUT2D eigenvalue weighted by molar-refractivity contribution is 0.473. The normalized spacial score (nSPS) is 13.0. The number of nitroso groups, excluding NO2 is 2. The summed E-state index contributed by atoms with van der Waals surface area (Å²) in [5, 5.41) is 26.4. The molecule has 4 rings (SSSR count). The van der Waals surface area contributed by atoms with Gasteiger partial charge in [-0.15, -0.1) is 9.81 Å². The predicted octanol–water partition coefficient (Wildman–Crippen LogP) is 6.91. The van der Waals surface area contributed by atoms with Gasteiger partial charge in [-0.1, -0.05) is 60.7 Å². The van der Waals surface area contributed by atoms with Crippen LogP contribution in [0.25, 0.3) is 0 Å². The molecule has 0 aliphatic rings. The first-order valence-corrected chi connectivity index (χ1v) is 11.1. The van der Waals surface area contributed by atoms with E-state index in [1.54, 1.807) is 0 Å². The van der Waals surface area contributed by atoms with Crippen molar-refractivity contribution in [2.75, 3.05) is 0 Å². The standard InChI is InChI=1S/C28H22N4O4/c33-25-13-11-23(31-35)15-21(25)17-29-27(19-7-3-1-4-8-19)28(20-9-5-2-6-10-20)30-18-22-16-24(32-36)12-14-26(22)34/h1-18,27-28,33-34H/t27-,28+. The Balaban J connectivity index is 1.82. The molecule has 0 aliphatic heterocycles. The van der Waals surface area contributed by atoms with Crippen molar-refractivity contribution < 1.29 is 10.2 Å². The monoisotopic (exact) mass is 478 g/mol. The SMILES string of the molecule is O=Nc1ccc(O)c(C=N[C@H](c2ccccc2)[C@@H](N=Cc2cc(N=O)ccc2O)c2ccccc2)c1. The fourth-order valence-corrected chi connectivity index (χ4v) is 3.73. The van der Waals surface area contributed by atoms with Gasteiger partial charge >= 0.3 is 0 Å². The molecule has 36 heavy (non-hydrogen) atoms. The molecule has 178 valence electrons. The van der Waals surface area contributed by atoms with Crippen molar-refractivity contribution in [2.24, 2.45) is 20.3 Å². The fraction of sp³-hybridized carbons (Fsp3) is 0.0714. The van der Waals surface area contributed by atoms with Gasteiger partial charge in [0.2, 0.25) is 0 Å². The molecule has 0 amide bonds.